The summed E-state index contributed by atoms with van der Waals surface area (Å²) in [6.07, 6.45) is 3.16. The van der Waals surface area contributed by atoms with E-state index in [1.54, 1.807) is 18.9 Å². The highest BCUT2D eigenvalue weighted by atomic mass is 16.5. The minimum Gasteiger partial charge on any atom is -0.496 e. The average Bonchev–Trinajstić information content (AvgIpc) is 3.16. The molecule has 190 valence electrons. The van der Waals surface area contributed by atoms with Gasteiger partial charge in [-0.3, -0.25) is 9.59 Å². The second-order valence-electron chi connectivity index (χ2n) is 8.98. The number of aryl methyl sites for hydroxylation is 1. The van der Waals surface area contributed by atoms with Crippen LogP contribution in [0, 0.1) is 19.8 Å². The van der Waals surface area contributed by atoms with Crippen LogP contribution in [0.15, 0.2) is 24.3 Å². The van der Waals surface area contributed by atoms with E-state index < -0.39 is 0 Å². The fraction of sp³-hybridized carbons (Fsp3) is 0.519. The SMILES string of the molecule is CCOC(=O)c1[nH]c(C)c(CCC(=O)N2CCC[C@@H](C(=O)NCCc3ccccc3OC)C2)c1C. The highest BCUT2D eigenvalue weighted by molar-refractivity contribution is 5.90. The van der Waals surface area contributed by atoms with Crippen molar-refractivity contribution in [1.82, 2.24) is 15.2 Å². The van der Waals surface area contributed by atoms with E-state index in [1.165, 1.54) is 0 Å². The summed E-state index contributed by atoms with van der Waals surface area (Å²) in [5.41, 5.74) is 4.19. The summed E-state index contributed by atoms with van der Waals surface area (Å²) in [7, 11) is 1.64. The quantitative estimate of drug-likeness (QED) is 0.505. The van der Waals surface area contributed by atoms with Crippen LogP contribution in [0.1, 0.15) is 59.1 Å². The molecule has 8 heteroatoms. The van der Waals surface area contributed by atoms with E-state index in [1.807, 2.05) is 38.1 Å². The van der Waals surface area contributed by atoms with Gasteiger partial charge < -0.3 is 24.7 Å². The molecular formula is C27H37N3O5. The maximum absolute atomic E-state index is 13.0. The Kier molecular flexibility index (Phi) is 9.34. The fourth-order valence-corrected chi connectivity index (χ4v) is 4.75. The minimum atomic E-state index is -0.374. The first-order valence-corrected chi connectivity index (χ1v) is 12.4. The molecule has 35 heavy (non-hydrogen) atoms. The van der Waals surface area contributed by atoms with Crippen LogP contribution in [0.3, 0.4) is 0 Å². The number of nitrogens with one attached hydrogen (secondary N) is 2. The molecule has 2 N–H and O–H groups in total. The Hall–Kier alpha value is -3.29. The summed E-state index contributed by atoms with van der Waals surface area (Å²) < 4.78 is 10.5. The Labute approximate surface area is 207 Å². The molecule has 8 nitrogen and oxygen atoms in total. The van der Waals surface area contributed by atoms with Crippen LogP contribution >= 0.6 is 0 Å². The Morgan fingerprint density at radius 3 is 2.69 bits per heavy atom. The number of piperidine rings is 1. The molecule has 1 aromatic carbocycles. The first-order valence-electron chi connectivity index (χ1n) is 12.4. The van der Waals surface area contributed by atoms with Crippen LogP contribution < -0.4 is 10.1 Å². The molecule has 2 heterocycles. The van der Waals surface area contributed by atoms with Gasteiger partial charge in [0.15, 0.2) is 0 Å². The highest BCUT2D eigenvalue weighted by Gasteiger charge is 2.28. The minimum absolute atomic E-state index is 0.00574. The van der Waals surface area contributed by atoms with Gasteiger partial charge in [-0.25, -0.2) is 4.79 Å². The second kappa shape index (κ2) is 12.4. The van der Waals surface area contributed by atoms with Gasteiger partial charge >= 0.3 is 5.97 Å². The van der Waals surface area contributed by atoms with Crippen LogP contribution in [0.2, 0.25) is 0 Å². The smallest absolute Gasteiger partial charge is 0.355 e. The van der Waals surface area contributed by atoms with Gasteiger partial charge in [-0.05, 0) is 69.2 Å². The van der Waals surface area contributed by atoms with Gasteiger partial charge in [0.25, 0.3) is 0 Å². The summed E-state index contributed by atoms with van der Waals surface area (Å²) in [4.78, 5) is 42.8. The molecule has 1 aliphatic rings. The van der Waals surface area contributed by atoms with Gasteiger partial charge in [-0.1, -0.05) is 18.2 Å². The van der Waals surface area contributed by atoms with Crippen molar-refractivity contribution < 1.29 is 23.9 Å². The molecule has 1 fully saturated rings. The van der Waals surface area contributed by atoms with Crippen molar-refractivity contribution in [2.75, 3.05) is 33.4 Å². The van der Waals surface area contributed by atoms with Crippen molar-refractivity contribution in [1.29, 1.82) is 0 Å². The summed E-state index contributed by atoms with van der Waals surface area (Å²) in [6, 6.07) is 7.79. The van der Waals surface area contributed by atoms with Gasteiger partial charge in [-0.15, -0.1) is 0 Å². The molecule has 0 unspecified atom stereocenters. The van der Waals surface area contributed by atoms with Crippen molar-refractivity contribution in [3.63, 3.8) is 0 Å². The van der Waals surface area contributed by atoms with E-state index in [2.05, 4.69) is 10.3 Å². The monoisotopic (exact) mass is 483 g/mol. The molecule has 0 spiro atoms. The normalized spacial score (nSPS) is 15.5. The number of carbonyl (C=O) groups excluding carboxylic acids is 3. The Morgan fingerprint density at radius 1 is 1.17 bits per heavy atom. The van der Waals surface area contributed by atoms with Crippen molar-refractivity contribution in [3.8, 4) is 5.75 Å². The Morgan fingerprint density at radius 2 is 1.94 bits per heavy atom. The zero-order valence-corrected chi connectivity index (χ0v) is 21.2. The zero-order valence-electron chi connectivity index (χ0n) is 21.2. The van der Waals surface area contributed by atoms with E-state index in [-0.39, 0.29) is 23.7 Å². The van der Waals surface area contributed by atoms with Gasteiger partial charge in [0, 0.05) is 31.7 Å². The fourth-order valence-electron chi connectivity index (χ4n) is 4.75. The lowest BCUT2D eigenvalue weighted by molar-refractivity contribution is -0.135. The molecule has 1 aliphatic heterocycles. The third-order valence-electron chi connectivity index (χ3n) is 6.69. The van der Waals surface area contributed by atoms with Crippen molar-refractivity contribution >= 4 is 17.8 Å². The van der Waals surface area contributed by atoms with Crippen molar-refractivity contribution in [3.05, 3.63) is 52.3 Å². The number of ether oxygens (including phenoxy) is 2. The van der Waals surface area contributed by atoms with E-state index in [9.17, 15) is 14.4 Å². The Bertz CT molecular complexity index is 1050. The summed E-state index contributed by atoms with van der Waals surface area (Å²) in [5, 5.41) is 3.03. The lowest BCUT2D eigenvalue weighted by Gasteiger charge is -2.32. The molecule has 1 atom stereocenters. The number of rotatable bonds is 10. The molecule has 0 bridgehead atoms. The number of H-pyrrole nitrogens is 1. The number of nitrogens with zero attached hydrogens (tertiary/aromatic N) is 1. The number of benzene rings is 1. The summed E-state index contributed by atoms with van der Waals surface area (Å²) >= 11 is 0. The topological polar surface area (TPSA) is 101 Å². The number of aromatic amines is 1. The number of amides is 2. The van der Waals surface area contributed by atoms with E-state index in [0.29, 0.717) is 51.2 Å². The van der Waals surface area contributed by atoms with E-state index in [4.69, 9.17) is 9.47 Å². The number of methoxy groups -OCH3 is 1. The first-order chi connectivity index (χ1) is 16.8. The Balaban J connectivity index is 1.50. The van der Waals surface area contributed by atoms with Gasteiger partial charge in [-0.2, -0.15) is 0 Å². The first kappa shape index (κ1) is 26.3. The third kappa shape index (κ3) is 6.65. The number of carbonyl (C=O) groups is 3. The van der Waals surface area contributed by atoms with Crippen LogP contribution in [0.25, 0.3) is 0 Å². The molecule has 2 amide bonds. The van der Waals surface area contributed by atoms with Crippen LogP contribution in [0.5, 0.6) is 5.75 Å². The van der Waals surface area contributed by atoms with E-state index >= 15 is 0 Å². The number of likely N-dealkylation sites (tertiary alicyclic amines) is 1. The molecule has 1 aromatic heterocycles. The molecular weight excluding hydrogens is 446 g/mol. The zero-order chi connectivity index (χ0) is 25.4. The standard InChI is InChI=1S/C27H37N3O5/c1-5-35-27(33)25-18(2)22(19(3)29-25)12-13-24(31)30-16-8-10-21(17-30)26(32)28-15-14-20-9-6-7-11-23(20)34-4/h6-7,9,11,21,29H,5,8,10,12-17H2,1-4H3,(H,28,32)/t21-/m1/s1. The highest BCUT2D eigenvalue weighted by Crippen LogP contribution is 2.23. The predicted molar refractivity (Wildman–Crippen MR) is 134 cm³/mol. The lowest BCUT2D eigenvalue weighted by Crippen LogP contribution is -2.45. The van der Waals surface area contributed by atoms with Crippen LogP contribution in [0.4, 0.5) is 0 Å². The molecule has 1 saturated heterocycles. The largest absolute Gasteiger partial charge is 0.496 e. The summed E-state index contributed by atoms with van der Waals surface area (Å²) in [6.45, 7) is 7.51. The number of para-hydroxylation sites is 1. The van der Waals surface area contributed by atoms with Crippen LogP contribution in [-0.2, 0) is 27.2 Å². The maximum atomic E-state index is 13.0. The molecule has 0 aliphatic carbocycles. The van der Waals surface area contributed by atoms with Crippen molar-refractivity contribution in [2.24, 2.45) is 5.92 Å². The average molecular weight is 484 g/mol. The molecule has 0 radical (unpaired) electrons. The van der Waals surface area contributed by atoms with Gasteiger partial charge in [0.2, 0.25) is 11.8 Å². The van der Waals surface area contributed by atoms with Crippen molar-refractivity contribution in [2.45, 2.75) is 52.9 Å². The number of esters is 1. The summed E-state index contributed by atoms with van der Waals surface area (Å²) in [5.74, 6) is 0.277. The van der Waals surface area contributed by atoms with Gasteiger partial charge in [0.1, 0.15) is 11.4 Å². The van der Waals surface area contributed by atoms with E-state index in [0.717, 1.165) is 41.0 Å². The lowest BCUT2D eigenvalue weighted by atomic mass is 9.96. The second-order valence-corrected chi connectivity index (χ2v) is 8.98. The molecule has 2 aromatic rings. The number of hydrogen-bond donors (Lipinski definition) is 2. The predicted octanol–water partition coefficient (Wildman–Crippen LogP) is 3.35. The number of hydrogen-bond acceptors (Lipinski definition) is 5. The third-order valence-corrected chi connectivity index (χ3v) is 6.69. The number of aromatic nitrogens is 1. The van der Waals surface area contributed by atoms with Crippen LogP contribution in [-0.4, -0.2) is 61.0 Å². The maximum Gasteiger partial charge on any atom is 0.355 e. The van der Waals surface area contributed by atoms with Gasteiger partial charge in [0.05, 0.1) is 19.6 Å². The molecule has 3 rings (SSSR count). The molecule has 0 saturated carbocycles.